The minimum Gasteiger partial charge on any atom is -0.444 e. The van der Waals surface area contributed by atoms with Gasteiger partial charge in [0.05, 0.1) is 23.0 Å². The van der Waals surface area contributed by atoms with Crippen LogP contribution in [-0.2, 0) is 11.2 Å². The first-order valence-corrected chi connectivity index (χ1v) is 10.1. The van der Waals surface area contributed by atoms with E-state index in [1.165, 1.54) is 5.57 Å². The van der Waals surface area contributed by atoms with E-state index in [1.54, 1.807) is 4.90 Å². The summed E-state index contributed by atoms with van der Waals surface area (Å²) in [7, 11) is 1.86. The number of rotatable bonds is 6. The van der Waals surface area contributed by atoms with Crippen molar-refractivity contribution in [3.63, 3.8) is 0 Å². The van der Waals surface area contributed by atoms with Crippen LogP contribution in [0.5, 0.6) is 0 Å². The van der Waals surface area contributed by atoms with E-state index in [4.69, 9.17) is 15.2 Å². The summed E-state index contributed by atoms with van der Waals surface area (Å²) in [5.74, 6) is 0.845. The minimum absolute atomic E-state index is 0.0677. The summed E-state index contributed by atoms with van der Waals surface area (Å²) in [5, 5.41) is 16.6. The minimum atomic E-state index is -0.502. The van der Waals surface area contributed by atoms with E-state index in [0.717, 1.165) is 36.3 Å². The van der Waals surface area contributed by atoms with E-state index in [9.17, 15) is 4.79 Å². The monoisotopic (exact) mass is 389 g/mol. The highest BCUT2D eigenvalue weighted by Gasteiger charge is 2.33. The Balaban J connectivity index is 2.30. The number of nitrogens with zero attached hydrogens (tertiary/aromatic N) is 3. The van der Waals surface area contributed by atoms with Crippen molar-refractivity contribution in [3.05, 3.63) is 22.9 Å². The lowest BCUT2D eigenvalue weighted by molar-refractivity contribution is 0.0288. The van der Waals surface area contributed by atoms with Gasteiger partial charge in [0.25, 0.3) is 0 Å². The summed E-state index contributed by atoms with van der Waals surface area (Å²) >= 11 is 0. The van der Waals surface area contributed by atoms with Gasteiger partial charge in [0.1, 0.15) is 11.4 Å². The van der Waals surface area contributed by atoms with Gasteiger partial charge in [-0.05, 0) is 53.0 Å². The van der Waals surface area contributed by atoms with Crippen LogP contribution in [0.15, 0.2) is 11.6 Å². The zero-order chi connectivity index (χ0) is 21.1. The van der Waals surface area contributed by atoms with Crippen LogP contribution < -0.4 is 5.32 Å². The average molecular weight is 390 g/mol. The fraction of sp³-hybridized carbons (Fsp3) is 0.667. The van der Waals surface area contributed by atoms with Crippen molar-refractivity contribution in [2.45, 2.75) is 72.4 Å². The Kier molecular flexibility index (Phi) is 6.91. The van der Waals surface area contributed by atoms with E-state index in [1.807, 2.05) is 45.5 Å². The van der Waals surface area contributed by atoms with E-state index in [-0.39, 0.29) is 12.1 Å². The van der Waals surface area contributed by atoms with E-state index in [0.29, 0.717) is 18.8 Å². The highest BCUT2D eigenvalue weighted by atomic mass is 16.6. The highest BCUT2D eigenvalue weighted by molar-refractivity contribution is 6.11. The van der Waals surface area contributed by atoms with Crippen molar-refractivity contribution in [1.29, 1.82) is 5.41 Å². The number of amides is 1. The number of aryl methyl sites for hydroxylation is 1. The molecule has 2 rings (SSSR count). The standard InChI is InChI=1S/C21H35N5O2/c1-8-14(3)12-16(22)18-17(9-2)24-26(19(18)23-7)15-10-11-25(13-15)20(27)28-21(4,5)6/h12,15,22-23H,8-11,13H2,1-7H3/b14-12+,22-16?. The third kappa shape index (κ3) is 4.94. The number of likely N-dealkylation sites (tertiary alicyclic amines) is 1. The number of carbonyl (C=O) groups excluding carboxylic acids is 1. The van der Waals surface area contributed by atoms with Crippen molar-refractivity contribution in [2.75, 3.05) is 25.5 Å². The number of anilines is 1. The van der Waals surface area contributed by atoms with Crippen LogP contribution in [-0.4, -0.2) is 52.2 Å². The number of hydrogen-bond donors (Lipinski definition) is 2. The van der Waals surface area contributed by atoms with Crippen molar-refractivity contribution in [2.24, 2.45) is 0 Å². The van der Waals surface area contributed by atoms with E-state index in [2.05, 4.69) is 19.2 Å². The lowest BCUT2D eigenvalue weighted by atomic mass is 10.0. The number of ether oxygens (including phenoxy) is 1. The third-order valence-electron chi connectivity index (χ3n) is 4.93. The second-order valence-corrected chi connectivity index (χ2v) is 8.35. The molecule has 0 bridgehead atoms. The summed E-state index contributed by atoms with van der Waals surface area (Å²) in [5.41, 5.74) is 2.91. The molecule has 156 valence electrons. The molecular weight excluding hydrogens is 354 g/mol. The molecule has 1 amide bonds. The number of carbonyl (C=O) groups is 1. The molecule has 0 spiro atoms. The van der Waals surface area contributed by atoms with E-state index < -0.39 is 5.60 Å². The third-order valence-corrected chi connectivity index (χ3v) is 4.93. The van der Waals surface area contributed by atoms with Crippen molar-refractivity contribution < 1.29 is 9.53 Å². The summed E-state index contributed by atoms with van der Waals surface area (Å²) in [4.78, 5) is 14.1. The number of nitrogens with one attached hydrogen (secondary N) is 2. The molecule has 1 aliphatic rings. The molecule has 1 atom stereocenters. The van der Waals surface area contributed by atoms with Crippen molar-refractivity contribution in [3.8, 4) is 0 Å². The van der Waals surface area contributed by atoms with E-state index >= 15 is 0 Å². The van der Waals surface area contributed by atoms with Crippen LogP contribution in [0.2, 0.25) is 0 Å². The zero-order valence-electron chi connectivity index (χ0n) is 18.3. The van der Waals surface area contributed by atoms with Crippen LogP contribution >= 0.6 is 0 Å². The molecule has 7 heteroatoms. The SMILES string of the molecule is CC/C(C)=C/C(=N)c1c(CC)nn(C2CCN(C(=O)OC(C)(C)C)C2)c1NC. The quantitative estimate of drug-likeness (QED) is 0.707. The lowest BCUT2D eigenvalue weighted by Gasteiger charge is -2.24. The average Bonchev–Trinajstić information content (AvgIpc) is 3.23. The molecule has 2 heterocycles. The molecule has 1 fully saturated rings. The van der Waals surface area contributed by atoms with Crippen LogP contribution in [0, 0.1) is 5.41 Å². The Bertz CT molecular complexity index is 758. The molecule has 1 saturated heterocycles. The smallest absolute Gasteiger partial charge is 0.410 e. The molecule has 2 N–H and O–H groups in total. The van der Waals surface area contributed by atoms with Gasteiger partial charge in [0, 0.05) is 20.1 Å². The summed E-state index contributed by atoms with van der Waals surface area (Å²) < 4.78 is 7.47. The molecule has 0 aromatic carbocycles. The van der Waals surface area contributed by atoms with Gasteiger partial charge in [-0.3, -0.25) is 0 Å². The van der Waals surface area contributed by atoms with Gasteiger partial charge in [0.15, 0.2) is 0 Å². The lowest BCUT2D eigenvalue weighted by Crippen LogP contribution is -2.35. The van der Waals surface area contributed by atoms with Gasteiger partial charge < -0.3 is 20.4 Å². The maximum Gasteiger partial charge on any atom is 0.410 e. The zero-order valence-corrected chi connectivity index (χ0v) is 18.3. The predicted octanol–water partition coefficient (Wildman–Crippen LogP) is 4.39. The van der Waals surface area contributed by atoms with Gasteiger partial charge in [-0.25, -0.2) is 9.48 Å². The van der Waals surface area contributed by atoms with Crippen LogP contribution in [0.25, 0.3) is 0 Å². The summed E-state index contributed by atoms with van der Waals surface area (Å²) in [6.07, 6.45) is 4.12. The largest absolute Gasteiger partial charge is 0.444 e. The molecule has 1 aromatic rings. The highest BCUT2D eigenvalue weighted by Crippen LogP contribution is 2.30. The first kappa shape index (κ1) is 22.0. The molecule has 28 heavy (non-hydrogen) atoms. The Hall–Kier alpha value is -2.31. The number of hydrogen-bond acceptors (Lipinski definition) is 5. The molecule has 7 nitrogen and oxygen atoms in total. The summed E-state index contributed by atoms with van der Waals surface area (Å²) in [6, 6.07) is 0.0677. The number of allylic oxidation sites excluding steroid dienone is 2. The molecule has 0 saturated carbocycles. The Labute approximate surface area is 168 Å². The molecule has 1 unspecified atom stereocenters. The molecular formula is C21H35N5O2. The second-order valence-electron chi connectivity index (χ2n) is 8.35. The van der Waals surface area contributed by atoms with Crippen LogP contribution in [0.1, 0.15) is 71.7 Å². The first-order valence-electron chi connectivity index (χ1n) is 10.1. The van der Waals surface area contributed by atoms with Gasteiger partial charge in [-0.1, -0.05) is 19.4 Å². The van der Waals surface area contributed by atoms with Crippen molar-refractivity contribution >= 4 is 17.6 Å². The second kappa shape index (κ2) is 8.80. The topological polar surface area (TPSA) is 83.2 Å². The Morgan fingerprint density at radius 1 is 1.39 bits per heavy atom. The normalized spacial score (nSPS) is 17.8. The Morgan fingerprint density at radius 3 is 2.61 bits per heavy atom. The fourth-order valence-electron chi connectivity index (χ4n) is 3.37. The Morgan fingerprint density at radius 2 is 2.07 bits per heavy atom. The molecule has 1 aliphatic heterocycles. The predicted molar refractivity (Wildman–Crippen MR) is 113 cm³/mol. The van der Waals surface area contributed by atoms with Gasteiger partial charge in [-0.2, -0.15) is 5.10 Å². The maximum atomic E-state index is 12.4. The van der Waals surface area contributed by atoms with Gasteiger partial charge in [-0.15, -0.1) is 0 Å². The van der Waals surface area contributed by atoms with Gasteiger partial charge in [0.2, 0.25) is 0 Å². The van der Waals surface area contributed by atoms with Gasteiger partial charge >= 0.3 is 6.09 Å². The molecule has 0 radical (unpaired) electrons. The van der Waals surface area contributed by atoms with Crippen molar-refractivity contribution in [1.82, 2.24) is 14.7 Å². The van der Waals surface area contributed by atoms with Crippen LogP contribution in [0.3, 0.4) is 0 Å². The van der Waals surface area contributed by atoms with Crippen LogP contribution in [0.4, 0.5) is 10.6 Å². The molecule has 0 aliphatic carbocycles. The number of aromatic nitrogens is 2. The first-order chi connectivity index (χ1) is 13.1. The maximum absolute atomic E-state index is 12.4. The molecule has 1 aromatic heterocycles. The summed E-state index contributed by atoms with van der Waals surface area (Å²) in [6.45, 7) is 13.0. The fourth-order valence-corrected chi connectivity index (χ4v) is 3.37.